The van der Waals surface area contributed by atoms with Crippen LogP contribution in [0.5, 0.6) is 0 Å². The summed E-state index contributed by atoms with van der Waals surface area (Å²) in [5.74, 6) is -0.770. The van der Waals surface area contributed by atoms with Crippen LogP contribution in [-0.4, -0.2) is 36.8 Å². The first-order valence-electron chi connectivity index (χ1n) is 10.7. The van der Waals surface area contributed by atoms with Gasteiger partial charge >= 0.3 is 5.97 Å². The number of ether oxygens (including phenoxy) is 1. The molecule has 0 amide bonds. The molecule has 0 radical (unpaired) electrons. The second-order valence-electron chi connectivity index (χ2n) is 8.20. The van der Waals surface area contributed by atoms with Crippen molar-refractivity contribution in [3.05, 3.63) is 71.5 Å². The van der Waals surface area contributed by atoms with Gasteiger partial charge in [-0.2, -0.15) is 0 Å². The van der Waals surface area contributed by atoms with Gasteiger partial charge in [-0.15, -0.1) is 0 Å². The van der Waals surface area contributed by atoms with E-state index >= 15 is 0 Å². The van der Waals surface area contributed by atoms with E-state index in [1.54, 1.807) is 6.07 Å². The van der Waals surface area contributed by atoms with Crippen LogP contribution in [0.4, 0.5) is 4.39 Å². The third-order valence-electron chi connectivity index (χ3n) is 6.42. The van der Waals surface area contributed by atoms with E-state index in [1.807, 2.05) is 50.2 Å². The van der Waals surface area contributed by atoms with Gasteiger partial charge < -0.3 is 14.4 Å². The Morgan fingerprint density at radius 1 is 1.13 bits per heavy atom. The van der Waals surface area contributed by atoms with E-state index in [0.717, 1.165) is 17.4 Å². The van der Waals surface area contributed by atoms with E-state index < -0.39 is 5.41 Å². The summed E-state index contributed by atoms with van der Waals surface area (Å²) in [5, 5.41) is 0. The lowest BCUT2D eigenvalue weighted by Gasteiger charge is -2.33. The zero-order chi connectivity index (χ0) is 21.6. The minimum absolute atomic E-state index is 0.0649. The van der Waals surface area contributed by atoms with Crippen molar-refractivity contribution in [1.82, 2.24) is 4.90 Å². The molecule has 3 rings (SSSR count). The molecular weight excluding hydrogens is 381 g/mol. The van der Waals surface area contributed by atoms with Gasteiger partial charge in [0.25, 0.3) is 0 Å². The van der Waals surface area contributed by atoms with Crippen molar-refractivity contribution in [3.8, 4) is 0 Å². The molecule has 1 saturated heterocycles. The standard InChI is InChI=1S/C25H30FNO3/c1-3-25(4-2,24(29)30-17-19-9-6-5-7-10-19)18-27-14-21(16-28)23(15-27)20-11-8-12-22(26)13-20/h5-13,16,21,23H,3-4,14-15,17-18H2,1-2H3/t21-,23-/m1/s1. The zero-order valence-corrected chi connectivity index (χ0v) is 17.7. The highest BCUT2D eigenvalue weighted by Crippen LogP contribution is 2.36. The van der Waals surface area contributed by atoms with Crippen LogP contribution < -0.4 is 0 Å². The fourth-order valence-electron chi connectivity index (χ4n) is 4.40. The van der Waals surface area contributed by atoms with Gasteiger partial charge in [0, 0.05) is 31.5 Å². The smallest absolute Gasteiger partial charge is 0.313 e. The summed E-state index contributed by atoms with van der Waals surface area (Å²) in [5.41, 5.74) is 1.17. The molecule has 0 aliphatic carbocycles. The fraction of sp³-hybridized carbons (Fsp3) is 0.440. The molecule has 2 atom stereocenters. The van der Waals surface area contributed by atoms with Gasteiger partial charge in [-0.1, -0.05) is 56.3 Å². The minimum Gasteiger partial charge on any atom is -0.460 e. The number of rotatable bonds is 9. The highest BCUT2D eigenvalue weighted by Gasteiger charge is 2.42. The number of nitrogens with zero attached hydrogens (tertiary/aromatic N) is 1. The number of hydrogen-bond donors (Lipinski definition) is 0. The molecule has 0 saturated carbocycles. The van der Waals surface area contributed by atoms with Crippen LogP contribution >= 0.6 is 0 Å². The predicted octanol–water partition coefficient (Wildman–Crippen LogP) is 4.59. The summed E-state index contributed by atoms with van der Waals surface area (Å²) in [4.78, 5) is 26.9. The van der Waals surface area contributed by atoms with Crippen molar-refractivity contribution in [2.24, 2.45) is 11.3 Å². The van der Waals surface area contributed by atoms with Crippen molar-refractivity contribution < 1.29 is 18.7 Å². The zero-order valence-electron chi connectivity index (χ0n) is 17.7. The lowest BCUT2D eigenvalue weighted by molar-refractivity contribution is -0.159. The fourth-order valence-corrected chi connectivity index (χ4v) is 4.40. The monoisotopic (exact) mass is 411 g/mol. The van der Waals surface area contributed by atoms with E-state index in [2.05, 4.69) is 4.90 Å². The first-order valence-corrected chi connectivity index (χ1v) is 10.7. The molecule has 1 aliphatic rings. The highest BCUT2D eigenvalue weighted by molar-refractivity contribution is 5.77. The van der Waals surface area contributed by atoms with Crippen LogP contribution in [0.15, 0.2) is 54.6 Å². The molecule has 2 aromatic carbocycles. The minimum atomic E-state index is -0.626. The first kappa shape index (κ1) is 22.2. The van der Waals surface area contributed by atoms with Crippen LogP contribution in [0.1, 0.15) is 43.7 Å². The van der Waals surface area contributed by atoms with Gasteiger partial charge in [0.05, 0.1) is 5.41 Å². The SMILES string of the molecule is CCC(CC)(CN1C[C@H](c2cccc(F)c2)[C@@H](C=O)C1)C(=O)OCc1ccccc1. The topological polar surface area (TPSA) is 46.6 Å². The van der Waals surface area contributed by atoms with E-state index in [1.165, 1.54) is 12.1 Å². The Bertz CT molecular complexity index is 850. The number of carbonyl (C=O) groups is 2. The van der Waals surface area contributed by atoms with Crippen molar-refractivity contribution in [2.75, 3.05) is 19.6 Å². The van der Waals surface area contributed by atoms with Crippen molar-refractivity contribution in [2.45, 2.75) is 39.2 Å². The Morgan fingerprint density at radius 3 is 2.50 bits per heavy atom. The summed E-state index contributed by atoms with van der Waals surface area (Å²) in [6, 6.07) is 16.1. The van der Waals surface area contributed by atoms with E-state index in [-0.39, 0.29) is 30.2 Å². The Morgan fingerprint density at radius 2 is 1.87 bits per heavy atom. The van der Waals surface area contributed by atoms with Crippen LogP contribution in [-0.2, 0) is 20.9 Å². The summed E-state index contributed by atoms with van der Waals surface area (Å²) >= 11 is 0. The Balaban J connectivity index is 1.70. The average molecular weight is 412 g/mol. The predicted molar refractivity (Wildman–Crippen MR) is 114 cm³/mol. The van der Waals surface area contributed by atoms with E-state index in [4.69, 9.17) is 4.74 Å². The second kappa shape index (κ2) is 9.98. The number of aldehydes is 1. The summed E-state index contributed by atoms with van der Waals surface area (Å²) < 4.78 is 19.4. The normalized spacial score (nSPS) is 19.6. The number of benzene rings is 2. The van der Waals surface area contributed by atoms with Gasteiger partial charge in [-0.05, 0) is 36.1 Å². The maximum atomic E-state index is 13.7. The first-order chi connectivity index (χ1) is 14.5. The number of halogens is 1. The molecule has 30 heavy (non-hydrogen) atoms. The molecule has 0 bridgehead atoms. The number of likely N-dealkylation sites (tertiary alicyclic amines) is 1. The molecule has 1 heterocycles. The maximum absolute atomic E-state index is 13.7. The van der Waals surface area contributed by atoms with Crippen LogP contribution in [0.25, 0.3) is 0 Å². The lowest BCUT2D eigenvalue weighted by Crippen LogP contribution is -2.43. The molecule has 1 aliphatic heterocycles. The number of hydrogen-bond acceptors (Lipinski definition) is 4. The van der Waals surface area contributed by atoms with Gasteiger partial charge in [-0.3, -0.25) is 4.79 Å². The Hall–Kier alpha value is -2.53. The molecule has 0 unspecified atom stereocenters. The molecule has 4 nitrogen and oxygen atoms in total. The van der Waals surface area contributed by atoms with Crippen molar-refractivity contribution in [3.63, 3.8) is 0 Å². The molecule has 160 valence electrons. The van der Waals surface area contributed by atoms with E-state index in [9.17, 15) is 14.0 Å². The van der Waals surface area contributed by atoms with Gasteiger partial charge in [0.1, 0.15) is 18.7 Å². The summed E-state index contributed by atoms with van der Waals surface area (Å²) in [7, 11) is 0. The number of carbonyl (C=O) groups excluding carboxylic acids is 2. The molecular formula is C25H30FNO3. The van der Waals surface area contributed by atoms with Crippen LogP contribution in [0.2, 0.25) is 0 Å². The second-order valence-corrected chi connectivity index (χ2v) is 8.20. The van der Waals surface area contributed by atoms with E-state index in [0.29, 0.717) is 32.5 Å². The van der Waals surface area contributed by atoms with Crippen molar-refractivity contribution >= 4 is 12.3 Å². The van der Waals surface area contributed by atoms with Gasteiger partial charge in [-0.25, -0.2) is 4.39 Å². The summed E-state index contributed by atoms with van der Waals surface area (Å²) in [6.07, 6.45) is 2.27. The molecule has 0 N–H and O–H groups in total. The maximum Gasteiger partial charge on any atom is 0.313 e. The molecule has 0 aromatic heterocycles. The highest BCUT2D eigenvalue weighted by atomic mass is 19.1. The van der Waals surface area contributed by atoms with Gasteiger partial charge in [0.2, 0.25) is 0 Å². The largest absolute Gasteiger partial charge is 0.460 e. The third kappa shape index (κ3) is 4.96. The van der Waals surface area contributed by atoms with Crippen LogP contribution in [0.3, 0.4) is 0 Å². The quantitative estimate of drug-likeness (QED) is 0.447. The number of esters is 1. The third-order valence-corrected chi connectivity index (χ3v) is 6.42. The van der Waals surface area contributed by atoms with Crippen molar-refractivity contribution in [1.29, 1.82) is 0 Å². The Kier molecular flexibility index (Phi) is 7.38. The molecule has 1 fully saturated rings. The van der Waals surface area contributed by atoms with Gasteiger partial charge in [0.15, 0.2) is 0 Å². The summed E-state index contributed by atoms with van der Waals surface area (Å²) in [6.45, 7) is 5.99. The molecule has 5 heteroatoms. The lowest BCUT2D eigenvalue weighted by atomic mass is 9.81. The molecule has 2 aromatic rings. The average Bonchev–Trinajstić information content (AvgIpc) is 3.19. The Labute approximate surface area is 178 Å². The molecule has 0 spiro atoms. The van der Waals surface area contributed by atoms with Crippen LogP contribution in [0, 0.1) is 17.2 Å².